The summed E-state index contributed by atoms with van der Waals surface area (Å²) in [6, 6.07) is 0. The van der Waals surface area contributed by atoms with Crippen molar-refractivity contribution in [3.8, 4) is 0 Å². The Morgan fingerprint density at radius 1 is 0.700 bits per heavy atom. The second-order valence-electron chi connectivity index (χ2n) is 3.35. The molecular formula is C9H17Sb. The van der Waals surface area contributed by atoms with Gasteiger partial charge in [0.15, 0.2) is 0 Å². The number of hydrogen-bond acceptors (Lipinski definition) is 0. The van der Waals surface area contributed by atoms with Crippen LogP contribution < -0.4 is 0 Å². The van der Waals surface area contributed by atoms with Gasteiger partial charge in [-0.05, 0) is 0 Å². The van der Waals surface area contributed by atoms with Gasteiger partial charge in [-0.1, -0.05) is 0 Å². The first kappa shape index (κ1) is 8.91. The normalized spacial score (nSPS) is 24.9. The molecule has 1 aliphatic rings. The molecule has 0 atom stereocenters. The van der Waals surface area contributed by atoms with E-state index in [4.69, 9.17) is 0 Å². The molecule has 0 N–H and O–H groups in total. The average Bonchev–Trinajstić information content (AvgIpc) is 2.02. The fourth-order valence-corrected chi connectivity index (χ4v) is 2.65. The van der Waals surface area contributed by atoms with Gasteiger partial charge in [0.2, 0.25) is 0 Å². The Hall–Kier alpha value is 0.818. The van der Waals surface area contributed by atoms with E-state index in [1.54, 1.807) is 0 Å². The molecule has 0 aliphatic heterocycles. The molecule has 0 aromatic carbocycles. The van der Waals surface area contributed by atoms with Gasteiger partial charge in [0.05, 0.1) is 0 Å². The summed E-state index contributed by atoms with van der Waals surface area (Å²) in [7, 11) is 0. The Labute approximate surface area is 78.3 Å². The second-order valence-corrected chi connectivity index (χ2v) is 5.44. The van der Waals surface area contributed by atoms with Crippen LogP contribution in [0.1, 0.15) is 51.4 Å². The van der Waals surface area contributed by atoms with E-state index in [9.17, 15) is 0 Å². The van der Waals surface area contributed by atoms with E-state index in [0.717, 1.165) is 3.86 Å². The molecule has 58 valence electrons. The fourth-order valence-electron chi connectivity index (χ4n) is 1.61. The predicted octanol–water partition coefficient (Wildman–Crippen LogP) is 3.08. The number of hydrogen-bond donors (Lipinski definition) is 0. The fraction of sp³-hybridized carbons (Fsp3) is 1.00. The van der Waals surface area contributed by atoms with E-state index in [-0.39, 0.29) is 0 Å². The van der Waals surface area contributed by atoms with Gasteiger partial charge in [-0.2, -0.15) is 0 Å². The Balaban J connectivity index is 2.15. The van der Waals surface area contributed by atoms with E-state index >= 15 is 0 Å². The first-order valence-corrected chi connectivity index (χ1v) is 6.05. The number of rotatable bonds is 0. The van der Waals surface area contributed by atoms with Crippen LogP contribution in [-0.4, -0.2) is 23.0 Å². The van der Waals surface area contributed by atoms with Gasteiger partial charge in [0.1, 0.15) is 0 Å². The van der Waals surface area contributed by atoms with Crippen LogP contribution in [0.2, 0.25) is 3.86 Å². The van der Waals surface area contributed by atoms with Crippen molar-refractivity contribution < 1.29 is 0 Å². The van der Waals surface area contributed by atoms with Crippen molar-refractivity contribution in [3.05, 3.63) is 0 Å². The third-order valence-electron chi connectivity index (χ3n) is 2.32. The Kier molecular flexibility index (Phi) is 4.87. The zero-order valence-electron chi connectivity index (χ0n) is 6.68. The summed E-state index contributed by atoms with van der Waals surface area (Å²) in [6.07, 6.45) is 12.0. The molecule has 0 spiro atoms. The van der Waals surface area contributed by atoms with Gasteiger partial charge in [-0.15, -0.1) is 0 Å². The van der Waals surface area contributed by atoms with Crippen molar-refractivity contribution in [2.75, 3.05) is 0 Å². The molecule has 10 heavy (non-hydrogen) atoms. The van der Waals surface area contributed by atoms with Gasteiger partial charge < -0.3 is 0 Å². The van der Waals surface area contributed by atoms with E-state index in [1.165, 1.54) is 51.4 Å². The second kappa shape index (κ2) is 5.47. The van der Waals surface area contributed by atoms with Crippen LogP contribution in [-0.2, 0) is 0 Å². The molecule has 0 bridgehead atoms. The molecule has 1 heteroatoms. The van der Waals surface area contributed by atoms with Crippen LogP contribution in [0.5, 0.6) is 0 Å². The van der Waals surface area contributed by atoms with Gasteiger partial charge in [-0.25, -0.2) is 0 Å². The van der Waals surface area contributed by atoms with Gasteiger partial charge in [0.25, 0.3) is 0 Å². The molecule has 1 fully saturated rings. The van der Waals surface area contributed by atoms with E-state index < -0.39 is 0 Å². The molecule has 0 unspecified atom stereocenters. The molecule has 0 aromatic heterocycles. The van der Waals surface area contributed by atoms with Crippen molar-refractivity contribution in [2.24, 2.45) is 0 Å². The topological polar surface area (TPSA) is 0 Å². The van der Waals surface area contributed by atoms with E-state index in [2.05, 4.69) is 23.0 Å². The van der Waals surface area contributed by atoms with Crippen molar-refractivity contribution in [1.29, 1.82) is 0 Å². The standard InChI is InChI=1S/C9H17.Sb/c1-2-4-6-8-9-7-5-3-1;/h1H,2-9H2;. The molecule has 1 aliphatic carbocycles. The summed E-state index contributed by atoms with van der Waals surface area (Å²) in [5.74, 6) is 0. The van der Waals surface area contributed by atoms with Gasteiger partial charge in [0, 0.05) is 0 Å². The van der Waals surface area contributed by atoms with Crippen LogP contribution in [0.4, 0.5) is 0 Å². The summed E-state index contributed by atoms with van der Waals surface area (Å²) in [5, 5.41) is 0. The van der Waals surface area contributed by atoms with Crippen molar-refractivity contribution in [1.82, 2.24) is 0 Å². The minimum atomic E-state index is 1.06. The first-order valence-electron chi connectivity index (χ1n) is 4.57. The minimum absolute atomic E-state index is 1.06. The van der Waals surface area contributed by atoms with E-state index in [1.807, 2.05) is 0 Å². The first-order chi connectivity index (χ1) is 4.89. The molecular weight excluding hydrogens is 230 g/mol. The van der Waals surface area contributed by atoms with Crippen LogP contribution >= 0.6 is 0 Å². The summed E-state index contributed by atoms with van der Waals surface area (Å²) < 4.78 is 1.06. The Morgan fingerprint density at radius 3 is 1.60 bits per heavy atom. The van der Waals surface area contributed by atoms with Crippen LogP contribution in [0, 0.1) is 0 Å². The Morgan fingerprint density at radius 2 is 1.10 bits per heavy atom. The molecule has 0 nitrogen and oxygen atoms in total. The monoisotopic (exact) mass is 246 g/mol. The maximum atomic E-state index is 2.06. The molecule has 0 amide bonds. The van der Waals surface area contributed by atoms with Gasteiger partial charge >= 0.3 is 78.3 Å². The summed E-state index contributed by atoms with van der Waals surface area (Å²) in [4.78, 5) is 0. The molecule has 0 aromatic rings. The van der Waals surface area contributed by atoms with Crippen LogP contribution in [0.15, 0.2) is 0 Å². The third kappa shape index (κ3) is 3.86. The molecule has 0 saturated heterocycles. The zero-order chi connectivity index (χ0) is 7.23. The molecule has 1 rings (SSSR count). The molecule has 1 saturated carbocycles. The van der Waals surface area contributed by atoms with Crippen LogP contribution in [0.3, 0.4) is 0 Å². The van der Waals surface area contributed by atoms with E-state index in [0.29, 0.717) is 0 Å². The SMILES string of the molecule is [Sb][CH]1CCCCCCCC1. The zero-order valence-corrected chi connectivity index (χ0v) is 9.23. The Bertz CT molecular complexity index is 70.8. The quantitative estimate of drug-likeness (QED) is 0.577. The van der Waals surface area contributed by atoms with Gasteiger partial charge in [-0.3, -0.25) is 0 Å². The molecule has 0 heterocycles. The summed E-state index contributed by atoms with van der Waals surface area (Å²) >= 11 is 2.06. The van der Waals surface area contributed by atoms with Crippen molar-refractivity contribution in [3.63, 3.8) is 0 Å². The van der Waals surface area contributed by atoms with Crippen molar-refractivity contribution >= 4 is 23.0 Å². The molecule has 2 radical (unpaired) electrons. The summed E-state index contributed by atoms with van der Waals surface area (Å²) in [6.45, 7) is 0. The third-order valence-corrected chi connectivity index (χ3v) is 3.80. The maximum absolute atomic E-state index is 2.06. The average molecular weight is 247 g/mol. The van der Waals surface area contributed by atoms with Crippen LogP contribution in [0.25, 0.3) is 0 Å². The summed E-state index contributed by atoms with van der Waals surface area (Å²) in [5.41, 5.74) is 0. The predicted molar refractivity (Wildman–Crippen MR) is 46.4 cm³/mol. The van der Waals surface area contributed by atoms with Crippen molar-refractivity contribution in [2.45, 2.75) is 55.2 Å².